The number of nitriles is 1. The number of para-hydroxylation sites is 1. The van der Waals surface area contributed by atoms with Gasteiger partial charge >= 0.3 is 0 Å². The van der Waals surface area contributed by atoms with E-state index in [4.69, 9.17) is 5.26 Å². The zero-order chi connectivity index (χ0) is 14.7. The van der Waals surface area contributed by atoms with E-state index >= 15 is 0 Å². The second kappa shape index (κ2) is 5.90. The molecule has 0 amide bonds. The van der Waals surface area contributed by atoms with Crippen LogP contribution in [0.1, 0.15) is 0 Å². The highest BCUT2D eigenvalue weighted by atomic mass is 32.2. The summed E-state index contributed by atoms with van der Waals surface area (Å²) in [6, 6.07) is 7.64. The topological polar surface area (TPSA) is 91.3 Å². The first-order valence-electron chi connectivity index (χ1n) is 5.86. The minimum atomic E-state index is 0.535. The molecule has 2 heterocycles. The molecule has 0 fully saturated rings. The van der Waals surface area contributed by atoms with E-state index in [-0.39, 0.29) is 0 Å². The molecule has 0 bridgehead atoms. The molecule has 0 unspecified atom stereocenters. The SMILES string of the molecule is CSC(=Nc1ccccc1-c1nn2cnnc2s1)NC#N. The van der Waals surface area contributed by atoms with Crippen molar-refractivity contribution in [2.75, 3.05) is 6.26 Å². The first-order chi connectivity index (χ1) is 10.3. The van der Waals surface area contributed by atoms with Crippen LogP contribution in [-0.2, 0) is 0 Å². The Balaban J connectivity index is 2.07. The van der Waals surface area contributed by atoms with Gasteiger partial charge in [-0.15, -0.1) is 10.2 Å². The van der Waals surface area contributed by atoms with Gasteiger partial charge in [0.25, 0.3) is 0 Å². The van der Waals surface area contributed by atoms with Gasteiger partial charge in [0.1, 0.15) is 11.3 Å². The van der Waals surface area contributed by atoms with Crippen molar-refractivity contribution in [3.05, 3.63) is 30.6 Å². The minimum Gasteiger partial charge on any atom is -0.271 e. The Bertz CT molecular complexity index is 814. The summed E-state index contributed by atoms with van der Waals surface area (Å²) in [7, 11) is 0. The third kappa shape index (κ3) is 2.72. The van der Waals surface area contributed by atoms with Crippen LogP contribution in [-0.4, -0.2) is 31.2 Å². The number of nitrogens with one attached hydrogen (secondary N) is 1. The second-order valence-electron chi connectivity index (χ2n) is 3.84. The van der Waals surface area contributed by atoms with Crippen LogP contribution < -0.4 is 5.32 Å². The fourth-order valence-electron chi connectivity index (χ4n) is 1.70. The van der Waals surface area contributed by atoms with Crippen LogP contribution in [0.4, 0.5) is 5.69 Å². The Hall–Kier alpha value is -2.44. The molecule has 0 saturated carbocycles. The largest absolute Gasteiger partial charge is 0.271 e. The molecule has 2 aromatic heterocycles. The van der Waals surface area contributed by atoms with Crippen molar-refractivity contribution in [2.24, 2.45) is 4.99 Å². The molecule has 0 saturated heterocycles. The standard InChI is InChI=1S/C12H9N7S2/c1-20-11(14-6-13)16-9-5-3-2-4-8(9)10-18-19-7-15-17-12(19)21-10/h2-5,7H,1H3,(H,14,16). The lowest BCUT2D eigenvalue weighted by Crippen LogP contribution is -2.12. The quantitative estimate of drug-likeness (QED) is 0.337. The number of hydrogen-bond donors (Lipinski definition) is 1. The van der Waals surface area contributed by atoms with Gasteiger partial charge in [-0.2, -0.15) is 14.9 Å². The Labute approximate surface area is 128 Å². The van der Waals surface area contributed by atoms with Crippen molar-refractivity contribution in [1.82, 2.24) is 25.1 Å². The molecular weight excluding hydrogens is 306 g/mol. The number of thioether (sulfide) groups is 1. The number of fused-ring (bicyclic) bond motifs is 1. The number of nitrogens with zero attached hydrogens (tertiary/aromatic N) is 6. The summed E-state index contributed by atoms with van der Waals surface area (Å²) in [5.74, 6) is 0. The van der Waals surface area contributed by atoms with E-state index in [1.807, 2.05) is 36.7 Å². The van der Waals surface area contributed by atoms with Crippen LogP contribution >= 0.6 is 23.1 Å². The van der Waals surface area contributed by atoms with Gasteiger partial charge in [0.15, 0.2) is 11.4 Å². The Morgan fingerprint density at radius 2 is 2.33 bits per heavy atom. The molecule has 3 aromatic rings. The van der Waals surface area contributed by atoms with Gasteiger partial charge in [-0.3, -0.25) is 5.32 Å². The molecule has 0 atom stereocenters. The van der Waals surface area contributed by atoms with Gasteiger partial charge in [0, 0.05) is 5.56 Å². The molecule has 0 aliphatic carbocycles. The van der Waals surface area contributed by atoms with Crippen LogP contribution in [0, 0.1) is 11.5 Å². The van der Waals surface area contributed by atoms with E-state index in [0.29, 0.717) is 5.17 Å². The van der Waals surface area contributed by atoms with Crippen LogP contribution in [0.5, 0.6) is 0 Å². The summed E-state index contributed by atoms with van der Waals surface area (Å²) in [5.41, 5.74) is 1.63. The number of amidine groups is 1. The lowest BCUT2D eigenvalue weighted by molar-refractivity contribution is 0.960. The molecule has 1 N–H and O–H groups in total. The van der Waals surface area contributed by atoms with Gasteiger partial charge in [-0.25, -0.2) is 4.99 Å². The summed E-state index contributed by atoms with van der Waals surface area (Å²) >= 11 is 2.81. The maximum atomic E-state index is 8.72. The smallest absolute Gasteiger partial charge is 0.234 e. The van der Waals surface area contributed by atoms with Gasteiger partial charge < -0.3 is 0 Å². The Morgan fingerprint density at radius 3 is 3.10 bits per heavy atom. The van der Waals surface area contributed by atoms with Crippen LogP contribution in [0.3, 0.4) is 0 Å². The molecule has 3 rings (SSSR count). The monoisotopic (exact) mass is 315 g/mol. The molecule has 0 aliphatic rings. The van der Waals surface area contributed by atoms with E-state index in [1.165, 1.54) is 23.1 Å². The maximum Gasteiger partial charge on any atom is 0.234 e. The zero-order valence-corrected chi connectivity index (χ0v) is 12.5. The molecular formula is C12H9N7S2. The summed E-state index contributed by atoms with van der Waals surface area (Å²) in [6.45, 7) is 0. The highest BCUT2D eigenvalue weighted by Crippen LogP contribution is 2.33. The van der Waals surface area contributed by atoms with Crippen LogP contribution in [0.25, 0.3) is 15.5 Å². The normalized spacial score (nSPS) is 11.5. The number of hydrogen-bond acceptors (Lipinski definition) is 7. The Kier molecular flexibility index (Phi) is 3.81. The predicted octanol–water partition coefficient (Wildman–Crippen LogP) is 2.27. The first-order valence-corrected chi connectivity index (χ1v) is 7.90. The lowest BCUT2D eigenvalue weighted by Gasteiger charge is -2.04. The third-order valence-electron chi connectivity index (χ3n) is 2.60. The van der Waals surface area contributed by atoms with Crippen molar-refractivity contribution in [1.29, 1.82) is 5.26 Å². The van der Waals surface area contributed by atoms with Gasteiger partial charge in [0.2, 0.25) is 4.96 Å². The van der Waals surface area contributed by atoms with Crippen molar-refractivity contribution in [3.8, 4) is 16.8 Å². The molecule has 21 heavy (non-hydrogen) atoms. The number of rotatable bonds is 2. The summed E-state index contributed by atoms with van der Waals surface area (Å²) in [6.07, 6.45) is 5.30. The van der Waals surface area contributed by atoms with Crippen LogP contribution in [0.2, 0.25) is 0 Å². The predicted molar refractivity (Wildman–Crippen MR) is 83.5 cm³/mol. The van der Waals surface area contributed by atoms with Crippen molar-refractivity contribution < 1.29 is 0 Å². The molecule has 0 radical (unpaired) electrons. The molecule has 1 aromatic carbocycles. The first kappa shape index (κ1) is 13.5. The van der Waals surface area contributed by atoms with Crippen molar-refractivity contribution in [3.63, 3.8) is 0 Å². The zero-order valence-electron chi connectivity index (χ0n) is 10.9. The van der Waals surface area contributed by atoms with Crippen molar-refractivity contribution >= 4 is 38.9 Å². The highest BCUT2D eigenvalue weighted by molar-refractivity contribution is 8.13. The van der Waals surface area contributed by atoms with E-state index in [9.17, 15) is 0 Å². The summed E-state index contributed by atoms with van der Waals surface area (Å²) < 4.78 is 1.63. The van der Waals surface area contributed by atoms with E-state index in [2.05, 4.69) is 25.6 Å². The minimum absolute atomic E-state index is 0.535. The lowest BCUT2D eigenvalue weighted by atomic mass is 10.2. The average Bonchev–Trinajstić information content (AvgIpc) is 3.08. The maximum absolute atomic E-state index is 8.72. The number of aromatic nitrogens is 4. The van der Waals surface area contributed by atoms with Gasteiger partial charge in [-0.1, -0.05) is 35.2 Å². The second-order valence-corrected chi connectivity index (χ2v) is 5.59. The third-order valence-corrected chi connectivity index (χ3v) is 4.13. The molecule has 104 valence electrons. The highest BCUT2D eigenvalue weighted by Gasteiger charge is 2.11. The van der Waals surface area contributed by atoms with Crippen molar-refractivity contribution in [2.45, 2.75) is 0 Å². The average molecular weight is 315 g/mol. The van der Waals surface area contributed by atoms with E-state index in [1.54, 1.807) is 10.8 Å². The van der Waals surface area contributed by atoms with E-state index in [0.717, 1.165) is 21.2 Å². The fraction of sp³-hybridized carbons (Fsp3) is 0.0833. The summed E-state index contributed by atoms with van der Waals surface area (Å²) in [5, 5.41) is 24.8. The van der Waals surface area contributed by atoms with Gasteiger partial charge in [-0.05, 0) is 18.4 Å². The molecule has 0 aliphatic heterocycles. The molecule has 9 heteroatoms. The molecule has 7 nitrogen and oxygen atoms in total. The van der Waals surface area contributed by atoms with E-state index < -0.39 is 0 Å². The number of aliphatic imine (C=N–C) groups is 1. The molecule has 0 spiro atoms. The summed E-state index contributed by atoms with van der Waals surface area (Å²) in [4.78, 5) is 5.19. The van der Waals surface area contributed by atoms with Gasteiger partial charge in [0.05, 0.1) is 5.69 Å². The Morgan fingerprint density at radius 1 is 1.48 bits per heavy atom. The number of benzene rings is 1. The van der Waals surface area contributed by atoms with Crippen LogP contribution in [0.15, 0.2) is 35.6 Å². The fourth-order valence-corrected chi connectivity index (χ4v) is 2.89.